The van der Waals surface area contributed by atoms with Crippen LogP contribution in [0.3, 0.4) is 0 Å². The largest absolute Gasteiger partial charge is 0.464 e. The molecule has 2 rings (SSSR count). The Labute approximate surface area is 122 Å². The summed E-state index contributed by atoms with van der Waals surface area (Å²) in [7, 11) is 1.09. The first-order valence-electron chi connectivity index (χ1n) is 5.69. The Kier molecular flexibility index (Phi) is 3.71. The molecule has 2 aromatic rings. The number of fused-ring (bicyclic) bond motifs is 1. The van der Waals surface area contributed by atoms with Crippen LogP contribution in [-0.2, 0) is 10.9 Å². The van der Waals surface area contributed by atoms with Crippen LogP contribution in [0.15, 0.2) is 18.8 Å². The minimum absolute atomic E-state index is 0.241. The van der Waals surface area contributed by atoms with E-state index in [1.807, 2.05) is 0 Å². The van der Waals surface area contributed by atoms with Gasteiger partial charge in [0.05, 0.1) is 12.7 Å². The highest BCUT2D eigenvalue weighted by Gasteiger charge is 2.36. The minimum Gasteiger partial charge on any atom is -0.464 e. The number of imidazole rings is 1. The van der Waals surface area contributed by atoms with Crippen LogP contribution in [0.25, 0.3) is 11.2 Å². The maximum Gasteiger partial charge on any atom is 0.420 e. The number of alkyl halides is 3. The third kappa shape index (κ3) is 2.61. The van der Waals surface area contributed by atoms with Gasteiger partial charge in [-0.05, 0) is 24.1 Å². The van der Waals surface area contributed by atoms with Crippen LogP contribution in [-0.4, -0.2) is 22.5 Å². The summed E-state index contributed by atoms with van der Waals surface area (Å²) in [6, 6.07) is 0.919. The Hall–Kier alpha value is -2.02. The maximum atomic E-state index is 13.1. The lowest BCUT2D eigenvalue weighted by atomic mass is 10.1. The molecular weight excluding hydrogens is 309 g/mol. The van der Waals surface area contributed by atoms with Crippen molar-refractivity contribution in [3.8, 4) is 0 Å². The van der Waals surface area contributed by atoms with Crippen LogP contribution in [0.2, 0.25) is 5.15 Å². The first-order valence-corrected chi connectivity index (χ1v) is 6.07. The number of hydrogen-bond donors (Lipinski definition) is 0. The quantitative estimate of drug-likeness (QED) is 0.790. The van der Waals surface area contributed by atoms with Crippen LogP contribution < -0.4 is 0 Å². The number of carbonyl (C=O) groups is 1. The summed E-state index contributed by atoms with van der Waals surface area (Å²) in [5.41, 5.74) is -1.17. The molecule has 0 aliphatic rings. The Morgan fingerprint density at radius 2 is 2.10 bits per heavy atom. The third-order valence-corrected chi connectivity index (χ3v) is 3.20. The second-order valence-electron chi connectivity index (χ2n) is 4.36. The van der Waals surface area contributed by atoms with Crippen molar-refractivity contribution < 1.29 is 22.7 Å². The molecule has 0 saturated carbocycles. The van der Waals surface area contributed by atoms with Gasteiger partial charge in [-0.25, -0.2) is 9.78 Å². The highest BCUT2D eigenvalue weighted by Crippen LogP contribution is 2.35. The number of esters is 1. The number of halogens is 4. The van der Waals surface area contributed by atoms with E-state index in [0.29, 0.717) is 5.57 Å². The standard InChI is InChI=1S/C13H10ClF3N2O2/c1-6(2)7-4-8(13(15,16)17)11-18-9(12(20)21-3)10(14)19(11)5-7/h4-5H,1H2,2-3H3. The molecule has 4 nitrogen and oxygen atoms in total. The molecule has 0 saturated heterocycles. The number of pyridine rings is 1. The molecular formula is C13H10ClF3N2O2. The van der Waals surface area contributed by atoms with Gasteiger partial charge in [0.15, 0.2) is 11.3 Å². The monoisotopic (exact) mass is 318 g/mol. The van der Waals surface area contributed by atoms with Crippen molar-refractivity contribution in [1.29, 1.82) is 0 Å². The predicted molar refractivity (Wildman–Crippen MR) is 71.3 cm³/mol. The third-order valence-electron chi connectivity index (χ3n) is 2.84. The average molecular weight is 319 g/mol. The molecule has 0 unspecified atom stereocenters. The van der Waals surface area contributed by atoms with E-state index >= 15 is 0 Å². The van der Waals surface area contributed by atoms with Gasteiger partial charge in [0.1, 0.15) is 5.15 Å². The molecule has 21 heavy (non-hydrogen) atoms. The fraction of sp³-hybridized carbons (Fsp3) is 0.231. The molecule has 0 aliphatic heterocycles. The normalized spacial score (nSPS) is 11.7. The van der Waals surface area contributed by atoms with Crippen LogP contribution in [0, 0.1) is 0 Å². The molecule has 2 heterocycles. The molecule has 0 spiro atoms. The van der Waals surface area contributed by atoms with Gasteiger partial charge in [-0.1, -0.05) is 18.2 Å². The fourth-order valence-corrected chi connectivity index (χ4v) is 2.03. The first kappa shape index (κ1) is 15.4. The Balaban J connectivity index is 2.88. The van der Waals surface area contributed by atoms with Crippen molar-refractivity contribution in [3.63, 3.8) is 0 Å². The summed E-state index contributed by atoms with van der Waals surface area (Å²) in [6.07, 6.45) is -3.30. The molecule has 112 valence electrons. The number of rotatable bonds is 2. The molecule has 0 fully saturated rings. The van der Waals surface area contributed by atoms with Gasteiger partial charge in [0.25, 0.3) is 0 Å². The van der Waals surface area contributed by atoms with E-state index in [9.17, 15) is 18.0 Å². The van der Waals surface area contributed by atoms with Crippen LogP contribution >= 0.6 is 11.6 Å². The number of nitrogens with zero attached hydrogens (tertiary/aromatic N) is 2. The van der Waals surface area contributed by atoms with E-state index in [1.54, 1.807) is 6.92 Å². The molecule has 2 aromatic heterocycles. The van der Waals surface area contributed by atoms with E-state index in [2.05, 4.69) is 16.3 Å². The number of carbonyl (C=O) groups excluding carboxylic acids is 1. The highest BCUT2D eigenvalue weighted by molar-refractivity contribution is 6.32. The number of methoxy groups -OCH3 is 1. The zero-order chi connectivity index (χ0) is 15.9. The predicted octanol–water partition coefficient (Wildman–Crippen LogP) is 3.83. The second-order valence-corrected chi connectivity index (χ2v) is 4.71. The molecule has 0 radical (unpaired) electrons. The van der Waals surface area contributed by atoms with Gasteiger partial charge in [-0.15, -0.1) is 0 Å². The van der Waals surface area contributed by atoms with Gasteiger partial charge in [-0.3, -0.25) is 4.40 Å². The number of hydrogen-bond acceptors (Lipinski definition) is 3. The highest BCUT2D eigenvalue weighted by atomic mass is 35.5. The summed E-state index contributed by atoms with van der Waals surface area (Å²) in [6.45, 7) is 5.17. The van der Waals surface area contributed by atoms with Gasteiger partial charge < -0.3 is 4.74 Å². The van der Waals surface area contributed by atoms with Crippen molar-refractivity contribution >= 4 is 28.8 Å². The second kappa shape index (κ2) is 5.07. The summed E-state index contributed by atoms with van der Waals surface area (Å²) in [5.74, 6) is -0.909. The summed E-state index contributed by atoms with van der Waals surface area (Å²) < 4.78 is 44.9. The van der Waals surface area contributed by atoms with Gasteiger partial charge in [0, 0.05) is 6.20 Å². The first-order chi connectivity index (χ1) is 9.66. The van der Waals surface area contributed by atoms with Crippen LogP contribution in [0.4, 0.5) is 13.2 Å². The van der Waals surface area contributed by atoms with E-state index in [0.717, 1.165) is 17.6 Å². The maximum absolute atomic E-state index is 13.1. The number of ether oxygens (including phenoxy) is 1. The van der Waals surface area contributed by atoms with Crippen molar-refractivity contribution in [2.75, 3.05) is 7.11 Å². The number of aromatic nitrogens is 2. The van der Waals surface area contributed by atoms with Crippen molar-refractivity contribution in [3.05, 3.63) is 40.8 Å². The molecule has 0 atom stereocenters. The zero-order valence-corrected chi connectivity index (χ0v) is 11.8. The average Bonchev–Trinajstić information content (AvgIpc) is 2.73. The smallest absolute Gasteiger partial charge is 0.420 e. The Bertz CT molecular complexity index is 750. The molecule has 0 aromatic carbocycles. The summed E-state index contributed by atoms with van der Waals surface area (Å²) in [4.78, 5) is 15.2. The van der Waals surface area contributed by atoms with Gasteiger partial charge in [0.2, 0.25) is 0 Å². The minimum atomic E-state index is -4.64. The Morgan fingerprint density at radius 3 is 2.57 bits per heavy atom. The van der Waals surface area contributed by atoms with Crippen molar-refractivity contribution in [2.45, 2.75) is 13.1 Å². The van der Waals surface area contributed by atoms with Crippen molar-refractivity contribution in [2.24, 2.45) is 0 Å². The zero-order valence-electron chi connectivity index (χ0n) is 11.1. The molecule has 0 aliphatic carbocycles. The van der Waals surface area contributed by atoms with E-state index < -0.39 is 23.4 Å². The molecule has 0 bridgehead atoms. The Morgan fingerprint density at radius 1 is 1.48 bits per heavy atom. The molecule has 8 heteroatoms. The van der Waals surface area contributed by atoms with Crippen LogP contribution in [0.1, 0.15) is 28.5 Å². The lowest BCUT2D eigenvalue weighted by Gasteiger charge is -2.11. The lowest BCUT2D eigenvalue weighted by molar-refractivity contribution is -0.136. The van der Waals surface area contributed by atoms with E-state index in [1.165, 1.54) is 6.20 Å². The summed E-state index contributed by atoms with van der Waals surface area (Å²) >= 11 is 5.93. The van der Waals surface area contributed by atoms with E-state index in [4.69, 9.17) is 11.6 Å². The van der Waals surface area contributed by atoms with E-state index in [-0.39, 0.29) is 16.4 Å². The SMILES string of the molecule is C=C(C)c1cc(C(F)(F)F)c2nc(C(=O)OC)c(Cl)n2c1. The fourth-order valence-electron chi connectivity index (χ4n) is 1.79. The summed E-state index contributed by atoms with van der Waals surface area (Å²) in [5, 5.41) is -0.245. The van der Waals surface area contributed by atoms with Crippen molar-refractivity contribution in [1.82, 2.24) is 9.38 Å². The number of allylic oxidation sites excluding steroid dienone is 1. The molecule has 0 N–H and O–H groups in total. The van der Waals surface area contributed by atoms with Gasteiger partial charge >= 0.3 is 12.1 Å². The molecule has 0 amide bonds. The lowest BCUT2D eigenvalue weighted by Crippen LogP contribution is -2.09. The van der Waals surface area contributed by atoms with Gasteiger partial charge in [-0.2, -0.15) is 13.2 Å². The van der Waals surface area contributed by atoms with Crippen LogP contribution in [0.5, 0.6) is 0 Å². The topological polar surface area (TPSA) is 43.6 Å².